The van der Waals surface area contributed by atoms with Crippen molar-refractivity contribution in [2.75, 3.05) is 52.4 Å². The average molecular weight is 227 g/mol. The van der Waals surface area contributed by atoms with Gasteiger partial charge in [-0.1, -0.05) is 20.8 Å². The highest BCUT2D eigenvalue weighted by Gasteiger charge is 2.14. The molecule has 1 fully saturated rings. The van der Waals surface area contributed by atoms with Gasteiger partial charge in [-0.15, -0.1) is 0 Å². The maximum Gasteiger partial charge on any atom is 0.0110 e. The van der Waals surface area contributed by atoms with E-state index in [4.69, 9.17) is 0 Å². The Hall–Kier alpha value is -0.120. The van der Waals surface area contributed by atoms with E-state index in [1.165, 1.54) is 45.7 Å². The Bertz CT molecular complexity index is 163. The summed E-state index contributed by atoms with van der Waals surface area (Å²) >= 11 is 0. The van der Waals surface area contributed by atoms with Crippen LogP contribution in [0.4, 0.5) is 0 Å². The first kappa shape index (κ1) is 13.9. The summed E-state index contributed by atoms with van der Waals surface area (Å²) in [6.45, 7) is 16.6. The zero-order chi connectivity index (χ0) is 11.8. The van der Waals surface area contributed by atoms with Gasteiger partial charge in [-0.25, -0.2) is 0 Å². The SMILES string of the molecule is CCCN1CCN(CCNCC(C)C)CC1. The normalized spacial score (nSPS) is 19.5. The van der Waals surface area contributed by atoms with E-state index in [1.54, 1.807) is 0 Å². The van der Waals surface area contributed by atoms with Gasteiger partial charge in [0.05, 0.1) is 0 Å². The molecule has 16 heavy (non-hydrogen) atoms. The molecule has 0 aromatic heterocycles. The third kappa shape index (κ3) is 5.83. The van der Waals surface area contributed by atoms with Crippen molar-refractivity contribution in [3.8, 4) is 0 Å². The summed E-state index contributed by atoms with van der Waals surface area (Å²) in [6, 6.07) is 0. The van der Waals surface area contributed by atoms with Crippen molar-refractivity contribution in [3.63, 3.8) is 0 Å². The highest BCUT2D eigenvalue weighted by Crippen LogP contribution is 2.01. The number of rotatable bonds is 7. The number of hydrogen-bond donors (Lipinski definition) is 1. The minimum Gasteiger partial charge on any atom is -0.315 e. The molecule has 0 bridgehead atoms. The number of piperazine rings is 1. The lowest BCUT2D eigenvalue weighted by Crippen LogP contribution is -2.48. The molecule has 0 amide bonds. The Kier molecular flexibility index (Phi) is 7.01. The van der Waals surface area contributed by atoms with Gasteiger partial charge in [0.1, 0.15) is 0 Å². The number of hydrogen-bond acceptors (Lipinski definition) is 3. The zero-order valence-corrected chi connectivity index (χ0v) is 11.3. The standard InChI is InChI=1S/C13H29N3/c1-4-6-15-8-10-16(11-9-15)7-5-14-12-13(2)3/h13-14H,4-12H2,1-3H3. The van der Waals surface area contributed by atoms with E-state index in [2.05, 4.69) is 35.9 Å². The molecule has 0 aliphatic carbocycles. The minimum atomic E-state index is 0.765. The molecule has 96 valence electrons. The molecule has 0 radical (unpaired) electrons. The molecule has 1 heterocycles. The third-order valence-electron chi connectivity index (χ3n) is 3.16. The zero-order valence-electron chi connectivity index (χ0n) is 11.3. The van der Waals surface area contributed by atoms with Crippen LogP contribution < -0.4 is 5.32 Å². The fraction of sp³-hybridized carbons (Fsp3) is 1.00. The lowest BCUT2D eigenvalue weighted by molar-refractivity contribution is 0.133. The molecule has 0 aromatic rings. The van der Waals surface area contributed by atoms with Crippen molar-refractivity contribution < 1.29 is 0 Å². The molecule has 3 heteroatoms. The third-order valence-corrected chi connectivity index (χ3v) is 3.16. The Morgan fingerprint density at radius 3 is 2.06 bits per heavy atom. The smallest absolute Gasteiger partial charge is 0.0110 e. The first-order chi connectivity index (χ1) is 7.72. The molecule has 0 atom stereocenters. The van der Waals surface area contributed by atoms with Crippen molar-refractivity contribution in [2.45, 2.75) is 27.2 Å². The second-order valence-corrected chi connectivity index (χ2v) is 5.28. The molecule has 1 aliphatic heterocycles. The van der Waals surface area contributed by atoms with Crippen molar-refractivity contribution in [2.24, 2.45) is 5.92 Å². The van der Waals surface area contributed by atoms with Crippen molar-refractivity contribution in [1.82, 2.24) is 15.1 Å². The van der Waals surface area contributed by atoms with Crippen LogP contribution in [-0.4, -0.2) is 62.2 Å². The maximum atomic E-state index is 3.51. The molecule has 1 rings (SSSR count). The highest BCUT2D eigenvalue weighted by atomic mass is 15.3. The molecule has 0 saturated carbocycles. The average Bonchev–Trinajstić information content (AvgIpc) is 2.27. The summed E-state index contributed by atoms with van der Waals surface area (Å²) in [7, 11) is 0. The topological polar surface area (TPSA) is 18.5 Å². The van der Waals surface area contributed by atoms with E-state index in [1.807, 2.05) is 0 Å². The first-order valence-electron chi connectivity index (χ1n) is 6.87. The molecule has 0 unspecified atom stereocenters. The van der Waals surface area contributed by atoms with Gasteiger partial charge in [-0.05, 0) is 25.4 Å². The minimum absolute atomic E-state index is 0.765. The van der Waals surface area contributed by atoms with Crippen LogP contribution in [0.25, 0.3) is 0 Å². The van der Waals surface area contributed by atoms with Crippen molar-refractivity contribution in [1.29, 1.82) is 0 Å². The van der Waals surface area contributed by atoms with E-state index in [-0.39, 0.29) is 0 Å². The molecule has 1 saturated heterocycles. The van der Waals surface area contributed by atoms with Gasteiger partial charge >= 0.3 is 0 Å². The van der Waals surface area contributed by atoms with E-state index in [9.17, 15) is 0 Å². The van der Waals surface area contributed by atoms with Gasteiger partial charge in [-0.3, -0.25) is 4.90 Å². The summed E-state index contributed by atoms with van der Waals surface area (Å²) in [6.07, 6.45) is 1.29. The molecular formula is C13H29N3. The van der Waals surface area contributed by atoms with Gasteiger partial charge in [0.15, 0.2) is 0 Å². The maximum absolute atomic E-state index is 3.51. The van der Waals surface area contributed by atoms with Gasteiger partial charge in [0, 0.05) is 39.3 Å². The molecule has 3 nitrogen and oxygen atoms in total. The van der Waals surface area contributed by atoms with Crippen LogP contribution in [0.1, 0.15) is 27.2 Å². The lowest BCUT2D eigenvalue weighted by atomic mass is 10.2. The second-order valence-electron chi connectivity index (χ2n) is 5.28. The van der Waals surface area contributed by atoms with Gasteiger partial charge < -0.3 is 10.2 Å². The van der Waals surface area contributed by atoms with Crippen LogP contribution in [0.5, 0.6) is 0 Å². The molecule has 0 aromatic carbocycles. The number of nitrogens with one attached hydrogen (secondary N) is 1. The fourth-order valence-corrected chi connectivity index (χ4v) is 2.18. The highest BCUT2D eigenvalue weighted by molar-refractivity contribution is 4.72. The van der Waals surface area contributed by atoms with E-state index in [0.29, 0.717) is 0 Å². The Morgan fingerprint density at radius 2 is 1.56 bits per heavy atom. The van der Waals surface area contributed by atoms with Crippen LogP contribution >= 0.6 is 0 Å². The van der Waals surface area contributed by atoms with Gasteiger partial charge in [-0.2, -0.15) is 0 Å². The van der Waals surface area contributed by atoms with Gasteiger partial charge in [0.25, 0.3) is 0 Å². The first-order valence-corrected chi connectivity index (χ1v) is 6.87. The van der Waals surface area contributed by atoms with Gasteiger partial charge in [0.2, 0.25) is 0 Å². The summed E-state index contributed by atoms with van der Waals surface area (Å²) < 4.78 is 0. The predicted molar refractivity (Wildman–Crippen MR) is 70.9 cm³/mol. The van der Waals surface area contributed by atoms with Crippen LogP contribution in [0.15, 0.2) is 0 Å². The lowest BCUT2D eigenvalue weighted by Gasteiger charge is -2.34. The predicted octanol–water partition coefficient (Wildman–Crippen LogP) is 1.26. The quantitative estimate of drug-likeness (QED) is 0.661. The Labute approximate surface area is 101 Å². The number of nitrogens with zero attached hydrogens (tertiary/aromatic N) is 2. The van der Waals surface area contributed by atoms with Crippen LogP contribution in [0, 0.1) is 5.92 Å². The van der Waals surface area contributed by atoms with E-state index in [0.717, 1.165) is 19.0 Å². The molecule has 0 spiro atoms. The summed E-state index contributed by atoms with van der Waals surface area (Å²) in [5.41, 5.74) is 0. The summed E-state index contributed by atoms with van der Waals surface area (Å²) in [4.78, 5) is 5.16. The molecule has 1 N–H and O–H groups in total. The second kappa shape index (κ2) is 8.04. The summed E-state index contributed by atoms with van der Waals surface area (Å²) in [5, 5.41) is 3.51. The van der Waals surface area contributed by atoms with E-state index < -0.39 is 0 Å². The van der Waals surface area contributed by atoms with E-state index >= 15 is 0 Å². The largest absolute Gasteiger partial charge is 0.315 e. The monoisotopic (exact) mass is 227 g/mol. The van der Waals surface area contributed by atoms with Crippen molar-refractivity contribution in [3.05, 3.63) is 0 Å². The fourth-order valence-electron chi connectivity index (χ4n) is 2.18. The van der Waals surface area contributed by atoms with Crippen molar-refractivity contribution >= 4 is 0 Å². The Balaban J connectivity index is 1.99. The molecular weight excluding hydrogens is 198 g/mol. The van der Waals surface area contributed by atoms with Crippen LogP contribution in [0.2, 0.25) is 0 Å². The molecule has 1 aliphatic rings. The summed E-state index contributed by atoms with van der Waals surface area (Å²) in [5.74, 6) is 0.765. The van der Waals surface area contributed by atoms with Crippen LogP contribution in [-0.2, 0) is 0 Å². The van der Waals surface area contributed by atoms with Crippen LogP contribution in [0.3, 0.4) is 0 Å². The Morgan fingerprint density at radius 1 is 1.00 bits per heavy atom.